The van der Waals surface area contributed by atoms with Crippen LogP contribution in [0, 0.1) is 6.92 Å². The molecule has 0 aliphatic heterocycles. The van der Waals surface area contributed by atoms with Crippen LogP contribution in [0.3, 0.4) is 0 Å². The fourth-order valence-corrected chi connectivity index (χ4v) is 3.56. The van der Waals surface area contributed by atoms with Crippen molar-refractivity contribution in [2.24, 2.45) is 5.10 Å². The molecule has 4 rings (SSSR count). The molecule has 8 nitrogen and oxygen atoms in total. The van der Waals surface area contributed by atoms with E-state index in [2.05, 4.69) is 26.0 Å². The van der Waals surface area contributed by atoms with Crippen LogP contribution in [-0.2, 0) is 4.79 Å². The molecule has 0 bridgehead atoms. The van der Waals surface area contributed by atoms with E-state index in [9.17, 15) is 14.4 Å². The van der Waals surface area contributed by atoms with E-state index in [1.807, 2.05) is 31.2 Å². The average molecular weight is 454 g/mol. The number of aryl methyl sites for hydroxylation is 1. The number of benzene rings is 3. The van der Waals surface area contributed by atoms with E-state index >= 15 is 0 Å². The summed E-state index contributed by atoms with van der Waals surface area (Å²) in [5, 5.41) is 14.3. The Bertz CT molecular complexity index is 1440. The molecule has 1 heterocycles. The summed E-state index contributed by atoms with van der Waals surface area (Å²) in [7, 11) is 0. The third kappa shape index (κ3) is 4.91. The summed E-state index contributed by atoms with van der Waals surface area (Å²) in [5.74, 6) is -1.06. The number of carbonyl (C=O) groups excluding carboxylic acids is 2. The van der Waals surface area contributed by atoms with E-state index in [1.54, 1.807) is 61.5 Å². The van der Waals surface area contributed by atoms with Gasteiger partial charge in [0.05, 0.1) is 11.1 Å². The van der Waals surface area contributed by atoms with Crippen LogP contribution in [0.4, 0.5) is 0 Å². The van der Waals surface area contributed by atoms with Crippen molar-refractivity contribution in [1.29, 1.82) is 0 Å². The zero-order valence-electron chi connectivity index (χ0n) is 18.7. The molecule has 34 heavy (non-hydrogen) atoms. The van der Waals surface area contributed by atoms with Crippen molar-refractivity contribution >= 4 is 28.3 Å². The Morgan fingerprint density at radius 3 is 2.32 bits per heavy atom. The fraction of sp³-hybridized carbons (Fsp3) is 0.115. The summed E-state index contributed by atoms with van der Waals surface area (Å²) in [6, 6.07) is 21.8. The lowest BCUT2D eigenvalue weighted by Gasteiger charge is -2.18. The lowest BCUT2D eigenvalue weighted by atomic mass is 10.0. The van der Waals surface area contributed by atoms with Crippen molar-refractivity contribution in [2.45, 2.75) is 19.9 Å². The van der Waals surface area contributed by atoms with Gasteiger partial charge in [-0.15, -0.1) is 0 Å². The van der Waals surface area contributed by atoms with Crippen molar-refractivity contribution in [3.63, 3.8) is 0 Å². The van der Waals surface area contributed by atoms with Crippen molar-refractivity contribution in [3.8, 4) is 0 Å². The SMILES string of the molecule is C/C(=N\NC(=O)C(NC(=O)c1ccccc1)c1n[nH]c(=O)c2ccccc12)c1cccc(C)c1. The lowest BCUT2D eigenvalue weighted by molar-refractivity contribution is -0.123. The Morgan fingerprint density at radius 1 is 0.912 bits per heavy atom. The number of hydrogen-bond donors (Lipinski definition) is 3. The van der Waals surface area contributed by atoms with Gasteiger partial charge in [-0.2, -0.15) is 10.2 Å². The highest BCUT2D eigenvalue weighted by molar-refractivity contribution is 6.01. The Labute approximate surface area is 195 Å². The number of aromatic amines is 1. The van der Waals surface area contributed by atoms with Gasteiger partial charge in [-0.3, -0.25) is 14.4 Å². The molecule has 3 N–H and O–H groups in total. The first-order valence-electron chi connectivity index (χ1n) is 10.7. The standard InChI is InChI=1S/C26H23N5O3/c1-16-9-8-12-19(15-16)17(2)28-31-26(34)23(27-24(32)18-10-4-3-5-11-18)22-20-13-6-7-14-21(20)25(33)30-29-22/h3-15,23H,1-2H3,(H,27,32)(H,30,33)(H,31,34)/b28-17+. The number of hydrogen-bond acceptors (Lipinski definition) is 5. The average Bonchev–Trinajstić information content (AvgIpc) is 2.87. The highest BCUT2D eigenvalue weighted by atomic mass is 16.2. The molecule has 0 spiro atoms. The van der Waals surface area contributed by atoms with Crippen LogP contribution in [0.15, 0.2) is 88.8 Å². The van der Waals surface area contributed by atoms with E-state index in [4.69, 9.17) is 0 Å². The summed E-state index contributed by atoms with van der Waals surface area (Å²) in [6.07, 6.45) is 0. The van der Waals surface area contributed by atoms with Gasteiger partial charge >= 0.3 is 0 Å². The smallest absolute Gasteiger partial charge is 0.272 e. The Kier molecular flexibility index (Phi) is 6.59. The molecule has 2 amide bonds. The molecule has 0 aliphatic rings. The van der Waals surface area contributed by atoms with Gasteiger partial charge < -0.3 is 5.32 Å². The number of fused-ring (bicyclic) bond motifs is 1. The maximum Gasteiger partial charge on any atom is 0.272 e. The van der Waals surface area contributed by atoms with Crippen LogP contribution in [0.25, 0.3) is 10.8 Å². The van der Waals surface area contributed by atoms with Gasteiger partial charge in [-0.05, 0) is 37.6 Å². The first-order valence-corrected chi connectivity index (χ1v) is 10.7. The number of hydrazone groups is 1. The molecule has 0 fully saturated rings. The quantitative estimate of drug-likeness (QED) is 0.307. The summed E-state index contributed by atoms with van der Waals surface area (Å²) >= 11 is 0. The molecule has 170 valence electrons. The van der Waals surface area contributed by atoms with Gasteiger partial charge in [-0.1, -0.05) is 66.2 Å². The topological polar surface area (TPSA) is 116 Å². The third-order valence-electron chi connectivity index (χ3n) is 5.34. The highest BCUT2D eigenvalue weighted by Gasteiger charge is 2.27. The molecule has 0 radical (unpaired) electrons. The number of carbonyl (C=O) groups is 2. The zero-order valence-corrected chi connectivity index (χ0v) is 18.7. The summed E-state index contributed by atoms with van der Waals surface area (Å²) in [6.45, 7) is 3.75. The molecule has 1 atom stereocenters. The maximum atomic E-state index is 13.3. The Morgan fingerprint density at radius 2 is 1.59 bits per heavy atom. The second-order valence-electron chi connectivity index (χ2n) is 7.80. The van der Waals surface area contributed by atoms with Gasteiger partial charge in [-0.25, -0.2) is 10.5 Å². The maximum absolute atomic E-state index is 13.3. The number of H-pyrrole nitrogens is 1. The summed E-state index contributed by atoms with van der Waals surface area (Å²) in [5.41, 5.74) is 5.27. The van der Waals surface area contributed by atoms with Gasteiger partial charge in [0.25, 0.3) is 17.4 Å². The van der Waals surface area contributed by atoms with Crippen molar-refractivity contribution in [1.82, 2.24) is 20.9 Å². The van der Waals surface area contributed by atoms with Crippen molar-refractivity contribution in [2.75, 3.05) is 0 Å². The zero-order chi connectivity index (χ0) is 24.1. The van der Waals surface area contributed by atoms with E-state index in [0.29, 0.717) is 22.0 Å². The van der Waals surface area contributed by atoms with Crippen LogP contribution in [0.1, 0.15) is 40.1 Å². The van der Waals surface area contributed by atoms with Crippen molar-refractivity contribution < 1.29 is 9.59 Å². The minimum absolute atomic E-state index is 0.209. The molecule has 0 aliphatic carbocycles. The molecular formula is C26H23N5O3. The van der Waals surface area contributed by atoms with Crippen LogP contribution in [-0.4, -0.2) is 27.7 Å². The van der Waals surface area contributed by atoms with Gasteiger partial charge in [0.15, 0.2) is 6.04 Å². The molecule has 1 unspecified atom stereocenters. The minimum atomic E-state index is -1.21. The van der Waals surface area contributed by atoms with E-state index in [1.165, 1.54) is 0 Å². The third-order valence-corrected chi connectivity index (χ3v) is 5.34. The van der Waals surface area contributed by atoms with E-state index in [0.717, 1.165) is 11.1 Å². The molecule has 0 saturated carbocycles. The van der Waals surface area contributed by atoms with Gasteiger partial charge in [0.2, 0.25) is 0 Å². The lowest BCUT2D eigenvalue weighted by Crippen LogP contribution is -2.40. The highest BCUT2D eigenvalue weighted by Crippen LogP contribution is 2.20. The summed E-state index contributed by atoms with van der Waals surface area (Å²) in [4.78, 5) is 38.4. The molecule has 8 heteroatoms. The number of nitrogens with one attached hydrogen (secondary N) is 3. The Hall–Kier alpha value is -4.59. The van der Waals surface area contributed by atoms with Crippen LogP contribution >= 0.6 is 0 Å². The van der Waals surface area contributed by atoms with E-state index < -0.39 is 17.9 Å². The first-order chi connectivity index (χ1) is 16.4. The predicted molar refractivity (Wildman–Crippen MR) is 131 cm³/mol. The number of amides is 2. The van der Waals surface area contributed by atoms with Gasteiger partial charge in [0.1, 0.15) is 5.69 Å². The number of rotatable bonds is 6. The van der Waals surface area contributed by atoms with Crippen LogP contribution < -0.4 is 16.3 Å². The second-order valence-corrected chi connectivity index (χ2v) is 7.80. The molecule has 1 aromatic heterocycles. The first kappa shape index (κ1) is 22.6. The molecule has 4 aromatic rings. The molecule has 0 saturated heterocycles. The second kappa shape index (κ2) is 9.91. The number of aromatic nitrogens is 2. The molecule has 3 aromatic carbocycles. The Balaban J connectivity index is 1.70. The van der Waals surface area contributed by atoms with Crippen LogP contribution in [0.2, 0.25) is 0 Å². The van der Waals surface area contributed by atoms with Gasteiger partial charge in [0, 0.05) is 10.9 Å². The predicted octanol–water partition coefficient (Wildman–Crippen LogP) is 3.24. The van der Waals surface area contributed by atoms with E-state index in [-0.39, 0.29) is 11.3 Å². The normalized spacial score (nSPS) is 12.2. The molecular weight excluding hydrogens is 430 g/mol. The number of nitrogens with zero attached hydrogens (tertiary/aromatic N) is 2. The summed E-state index contributed by atoms with van der Waals surface area (Å²) < 4.78 is 0. The largest absolute Gasteiger partial charge is 0.335 e. The van der Waals surface area contributed by atoms with Crippen LogP contribution in [0.5, 0.6) is 0 Å². The fourth-order valence-electron chi connectivity index (χ4n) is 3.56. The van der Waals surface area contributed by atoms with Crippen molar-refractivity contribution in [3.05, 3.63) is 112 Å². The monoisotopic (exact) mass is 453 g/mol. The minimum Gasteiger partial charge on any atom is -0.335 e.